The molecule has 1 aromatic heterocycles. The van der Waals surface area contributed by atoms with E-state index in [1.807, 2.05) is 10.6 Å². The summed E-state index contributed by atoms with van der Waals surface area (Å²) in [7, 11) is 0. The van der Waals surface area contributed by atoms with Gasteiger partial charge in [-0.1, -0.05) is 15.9 Å². The standard InChI is InChI=1S/C11H12BrN3/c1-8-2-9(12)4-10(3-8)15-7-14-6-11(15)5-13/h2-4,6-7H,5,13H2,1H3. The number of nitrogens with two attached hydrogens (primary N) is 1. The van der Waals surface area contributed by atoms with Gasteiger partial charge in [-0.15, -0.1) is 0 Å². The molecule has 0 unspecified atom stereocenters. The Labute approximate surface area is 97.1 Å². The third-order valence-electron chi connectivity index (χ3n) is 2.23. The van der Waals surface area contributed by atoms with Crippen LogP contribution >= 0.6 is 15.9 Å². The molecule has 0 radical (unpaired) electrons. The van der Waals surface area contributed by atoms with Gasteiger partial charge in [0.05, 0.1) is 12.0 Å². The summed E-state index contributed by atoms with van der Waals surface area (Å²) in [5, 5.41) is 0. The summed E-state index contributed by atoms with van der Waals surface area (Å²) in [5.41, 5.74) is 8.93. The predicted octanol–water partition coefficient (Wildman–Crippen LogP) is 2.40. The Morgan fingerprint density at radius 2 is 2.20 bits per heavy atom. The number of hydrogen-bond acceptors (Lipinski definition) is 2. The number of hydrogen-bond donors (Lipinski definition) is 1. The van der Waals surface area contributed by atoms with Crippen LogP contribution in [0.2, 0.25) is 0 Å². The van der Waals surface area contributed by atoms with Crippen LogP contribution in [0.1, 0.15) is 11.3 Å². The van der Waals surface area contributed by atoms with Crippen molar-refractivity contribution in [1.82, 2.24) is 9.55 Å². The topological polar surface area (TPSA) is 43.8 Å². The Morgan fingerprint density at radius 3 is 2.87 bits per heavy atom. The summed E-state index contributed by atoms with van der Waals surface area (Å²) in [6, 6.07) is 6.22. The first-order valence-electron chi connectivity index (χ1n) is 4.69. The van der Waals surface area contributed by atoms with E-state index in [0.717, 1.165) is 15.9 Å². The molecular formula is C11H12BrN3. The van der Waals surface area contributed by atoms with Crippen molar-refractivity contribution in [2.75, 3.05) is 0 Å². The monoisotopic (exact) mass is 265 g/mol. The van der Waals surface area contributed by atoms with Crippen molar-refractivity contribution in [3.8, 4) is 5.69 Å². The number of aromatic nitrogens is 2. The van der Waals surface area contributed by atoms with Crippen LogP contribution in [-0.2, 0) is 6.54 Å². The zero-order valence-corrected chi connectivity index (χ0v) is 10.0. The number of halogens is 1. The fourth-order valence-electron chi connectivity index (χ4n) is 1.56. The Kier molecular flexibility index (Phi) is 2.88. The summed E-state index contributed by atoms with van der Waals surface area (Å²) in [5.74, 6) is 0. The summed E-state index contributed by atoms with van der Waals surface area (Å²) in [4.78, 5) is 4.10. The number of rotatable bonds is 2. The molecule has 4 heteroatoms. The maximum absolute atomic E-state index is 5.64. The van der Waals surface area contributed by atoms with E-state index in [0.29, 0.717) is 6.54 Å². The number of benzene rings is 1. The molecule has 78 valence electrons. The molecule has 0 aliphatic carbocycles. The average Bonchev–Trinajstić information content (AvgIpc) is 2.63. The van der Waals surface area contributed by atoms with Crippen LogP contribution in [0.3, 0.4) is 0 Å². The third kappa shape index (κ3) is 2.11. The maximum atomic E-state index is 5.64. The highest BCUT2D eigenvalue weighted by molar-refractivity contribution is 9.10. The van der Waals surface area contributed by atoms with Crippen molar-refractivity contribution >= 4 is 15.9 Å². The van der Waals surface area contributed by atoms with Crippen LogP contribution in [0.4, 0.5) is 0 Å². The van der Waals surface area contributed by atoms with Crippen LogP contribution in [0.15, 0.2) is 35.2 Å². The van der Waals surface area contributed by atoms with Crippen molar-refractivity contribution in [2.24, 2.45) is 5.73 Å². The molecular weight excluding hydrogens is 254 g/mol. The van der Waals surface area contributed by atoms with Gasteiger partial charge in [-0.05, 0) is 30.7 Å². The van der Waals surface area contributed by atoms with Crippen molar-refractivity contribution in [3.05, 3.63) is 46.5 Å². The highest BCUT2D eigenvalue weighted by Crippen LogP contribution is 2.19. The van der Waals surface area contributed by atoms with Gasteiger partial charge in [0.25, 0.3) is 0 Å². The average molecular weight is 266 g/mol. The SMILES string of the molecule is Cc1cc(Br)cc(-n2cncc2CN)c1. The Morgan fingerprint density at radius 1 is 1.40 bits per heavy atom. The molecule has 0 aliphatic rings. The van der Waals surface area contributed by atoms with Gasteiger partial charge in [0.1, 0.15) is 0 Å². The fourth-order valence-corrected chi connectivity index (χ4v) is 2.16. The van der Waals surface area contributed by atoms with E-state index >= 15 is 0 Å². The van der Waals surface area contributed by atoms with Crippen LogP contribution in [0, 0.1) is 6.92 Å². The lowest BCUT2D eigenvalue weighted by Crippen LogP contribution is -2.04. The molecule has 2 rings (SSSR count). The minimum absolute atomic E-state index is 0.492. The molecule has 1 heterocycles. The highest BCUT2D eigenvalue weighted by Gasteiger charge is 2.03. The van der Waals surface area contributed by atoms with Crippen LogP contribution in [-0.4, -0.2) is 9.55 Å². The molecule has 0 spiro atoms. The van der Waals surface area contributed by atoms with Gasteiger partial charge in [0.2, 0.25) is 0 Å². The molecule has 0 amide bonds. The Balaban J connectivity index is 2.53. The molecule has 0 saturated carbocycles. The van der Waals surface area contributed by atoms with Gasteiger partial charge in [0.15, 0.2) is 0 Å². The van der Waals surface area contributed by atoms with Gasteiger partial charge in [0, 0.05) is 22.9 Å². The summed E-state index contributed by atoms with van der Waals surface area (Å²) in [6.07, 6.45) is 3.57. The van der Waals surface area contributed by atoms with Gasteiger partial charge < -0.3 is 10.3 Å². The zero-order valence-electron chi connectivity index (χ0n) is 8.44. The number of imidazole rings is 1. The molecule has 0 bridgehead atoms. The second kappa shape index (κ2) is 4.16. The van der Waals surface area contributed by atoms with Gasteiger partial charge in [-0.2, -0.15) is 0 Å². The molecule has 0 fully saturated rings. The minimum atomic E-state index is 0.492. The molecule has 1 aromatic carbocycles. The fraction of sp³-hybridized carbons (Fsp3) is 0.182. The summed E-state index contributed by atoms with van der Waals surface area (Å²) < 4.78 is 3.06. The molecule has 3 nitrogen and oxygen atoms in total. The first kappa shape index (κ1) is 10.4. The van der Waals surface area contributed by atoms with Crippen LogP contribution in [0.25, 0.3) is 5.69 Å². The largest absolute Gasteiger partial charge is 0.325 e. The Bertz CT molecular complexity index is 456. The lowest BCUT2D eigenvalue weighted by molar-refractivity contribution is 0.908. The van der Waals surface area contributed by atoms with E-state index in [9.17, 15) is 0 Å². The van der Waals surface area contributed by atoms with Gasteiger partial charge >= 0.3 is 0 Å². The van der Waals surface area contributed by atoms with Gasteiger partial charge in [-0.25, -0.2) is 4.98 Å². The molecule has 0 aliphatic heterocycles. The van der Waals surface area contributed by atoms with Crippen molar-refractivity contribution < 1.29 is 0 Å². The third-order valence-corrected chi connectivity index (χ3v) is 2.69. The van der Waals surface area contributed by atoms with E-state index in [4.69, 9.17) is 5.73 Å². The molecule has 15 heavy (non-hydrogen) atoms. The van der Waals surface area contributed by atoms with Crippen molar-refractivity contribution in [3.63, 3.8) is 0 Å². The smallest absolute Gasteiger partial charge is 0.0994 e. The van der Waals surface area contributed by atoms with E-state index < -0.39 is 0 Å². The predicted molar refractivity (Wildman–Crippen MR) is 63.9 cm³/mol. The molecule has 2 aromatic rings. The number of aryl methyl sites for hydroxylation is 1. The van der Waals surface area contributed by atoms with E-state index in [1.54, 1.807) is 12.5 Å². The maximum Gasteiger partial charge on any atom is 0.0994 e. The zero-order chi connectivity index (χ0) is 10.8. The highest BCUT2D eigenvalue weighted by atomic mass is 79.9. The summed E-state index contributed by atoms with van der Waals surface area (Å²) >= 11 is 3.48. The van der Waals surface area contributed by atoms with Crippen molar-refractivity contribution in [1.29, 1.82) is 0 Å². The normalized spacial score (nSPS) is 10.6. The quantitative estimate of drug-likeness (QED) is 0.907. The second-order valence-electron chi connectivity index (χ2n) is 3.45. The Hall–Kier alpha value is -1.13. The molecule has 2 N–H and O–H groups in total. The molecule has 0 saturated heterocycles. The van der Waals surface area contributed by atoms with Crippen LogP contribution in [0.5, 0.6) is 0 Å². The lowest BCUT2D eigenvalue weighted by atomic mass is 10.2. The van der Waals surface area contributed by atoms with Crippen LogP contribution < -0.4 is 5.73 Å². The van der Waals surface area contributed by atoms with Crippen molar-refractivity contribution in [2.45, 2.75) is 13.5 Å². The minimum Gasteiger partial charge on any atom is -0.325 e. The van der Waals surface area contributed by atoms with Gasteiger partial charge in [-0.3, -0.25) is 0 Å². The van der Waals surface area contributed by atoms with E-state index in [1.165, 1.54) is 5.56 Å². The summed E-state index contributed by atoms with van der Waals surface area (Å²) in [6.45, 7) is 2.55. The molecule has 0 atom stereocenters. The van der Waals surface area contributed by atoms with E-state index in [-0.39, 0.29) is 0 Å². The van der Waals surface area contributed by atoms with E-state index in [2.05, 4.69) is 40.0 Å². The second-order valence-corrected chi connectivity index (χ2v) is 4.36. The number of nitrogens with zero attached hydrogens (tertiary/aromatic N) is 2. The first-order valence-corrected chi connectivity index (χ1v) is 5.49. The lowest BCUT2D eigenvalue weighted by Gasteiger charge is -2.08. The first-order chi connectivity index (χ1) is 7.20.